The first kappa shape index (κ1) is 26.3. The molecule has 4 aromatic rings. The van der Waals surface area contributed by atoms with Crippen LogP contribution in [0.5, 0.6) is 0 Å². The average molecular weight is 549 g/mol. The van der Waals surface area contributed by atoms with Gasteiger partial charge in [-0.15, -0.1) is 0 Å². The lowest BCUT2D eigenvalue weighted by molar-refractivity contribution is 0.0746. The van der Waals surface area contributed by atoms with Gasteiger partial charge in [-0.1, -0.05) is 61.6 Å². The van der Waals surface area contributed by atoms with Gasteiger partial charge in [-0.25, -0.2) is 13.4 Å². The Hall–Kier alpha value is -3.27. The van der Waals surface area contributed by atoms with Crippen LogP contribution >= 0.6 is 11.3 Å². The minimum absolute atomic E-state index is 0.0814. The molecule has 1 saturated heterocycles. The Morgan fingerprint density at radius 3 is 2.29 bits per heavy atom. The van der Waals surface area contributed by atoms with E-state index in [0.29, 0.717) is 44.8 Å². The SMILES string of the molecule is CCc1ccc2nc(N3CCN(C(=O)c4ccc(S(=O)(=O)N(CC)Cc5ccccc5)cc4)CC3)sc2c1. The second-order valence-electron chi connectivity index (χ2n) is 9.37. The van der Waals surface area contributed by atoms with Crippen molar-refractivity contribution in [2.24, 2.45) is 0 Å². The van der Waals surface area contributed by atoms with Gasteiger partial charge in [0.25, 0.3) is 5.91 Å². The van der Waals surface area contributed by atoms with Crippen molar-refractivity contribution in [1.29, 1.82) is 0 Å². The van der Waals surface area contributed by atoms with Crippen LogP contribution in [0, 0.1) is 0 Å². The topological polar surface area (TPSA) is 73.8 Å². The van der Waals surface area contributed by atoms with E-state index >= 15 is 0 Å². The molecule has 1 amide bonds. The Morgan fingerprint density at radius 1 is 0.921 bits per heavy atom. The fraction of sp³-hybridized carbons (Fsp3) is 0.310. The minimum atomic E-state index is -3.67. The number of carbonyl (C=O) groups is 1. The van der Waals surface area contributed by atoms with Gasteiger partial charge in [0.05, 0.1) is 15.1 Å². The van der Waals surface area contributed by atoms with Crippen molar-refractivity contribution >= 4 is 42.6 Å². The second kappa shape index (κ2) is 11.2. The lowest BCUT2D eigenvalue weighted by atomic mass is 10.2. The Balaban J connectivity index is 1.23. The van der Waals surface area contributed by atoms with E-state index < -0.39 is 10.0 Å². The van der Waals surface area contributed by atoms with Crippen LogP contribution in [0.1, 0.15) is 35.3 Å². The number of hydrogen-bond donors (Lipinski definition) is 0. The van der Waals surface area contributed by atoms with Gasteiger partial charge < -0.3 is 9.80 Å². The number of amides is 1. The molecule has 0 N–H and O–H groups in total. The van der Waals surface area contributed by atoms with Crippen LogP contribution in [0.25, 0.3) is 10.2 Å². The number of rotatable bonds is 8. The summed E-state index contributed by atoms with van der Waals surface area (Å²) in [7, 11) is -3.67. The number of fused-ring (bicyclic) bond motifs is 1. The molecule has 0 bridgehead atoms. The van der Waals surface area contributed by atoms with Crippen molar-refractivity contribution in [2.45, 2.75) is 31.7 Å². The van der Waals surface area contributed by atoms with Crippen LogP contribution < -0.4 is 4.90 Å². The number of benzene rings is 3. The third kappa shape index (κ3) is 5.45. The highest BCUT2D eigenvalue weighted by atomic mass is 32.2. The van der Waals surface area contributed by atoms with Crippen LogP contribution in [0.15, 0.2) is 77.7 Å². The molecule has 38 heavy (non-hydrogen) atoms. The first-order chi connectivity index (χ1) is 18.4. The molecule has 1 fully saturated rings. The Morgan fingerprint density at radius 2 is 1.63 bits per heavy atom. The maximum atomic E-state index is 13.2. The van der Waals surface area contributed by atoms with E-state index in [1.54, 1.807) is 23.5 Å². The number of thiazole rings is 1. The van der Waals surface area contributed by atoms with Crippen LogP contribution in [0.2, 0.25) is 0 Å². The highest BCUT2D eigenvalue weighted by Gasteiger charge is 2.26. The number of anilines is 1. The van der Waals surface area contributed by atoms with E-state index in [4.69, 9.17) is 4.98 Å². The third-order valence-corrected chi connectivity index (χ3v) is 9.99. The summed E-state index contributed by atoms with van der Waals surface area (Å²) in [5.41, 5.74) is 3.75. The monoisotopic (exact) mass is 548 g/mol. The van der Waals surface area contributed by atoms with E-state index in [9.17, 15) is 13.2 Å². The molecule has 0 radical (unpaired) electrons. The molecule has 198 valence electrons. The molecule has 5 rings (SSSR count). The van der Waals surface area contributed by atoms with Crippen LogP contribution in [-0.4, -0.2) is 61.2 Å². The van der Waals surface area contributed by atoms with Crippen LogP contribution in [0.4, 0.5) is 5.13 Å². The highest BCUT2D eigenvalue weighted by Crippen LogP contribution is 2.30. The number of aryl methyl sites for hydroxylation is 1. The zero-order chi connectivity index (χ0) is 26.7. The number of nitrogens with zero attached hydrogens (tertiary/aromatic N) is 4. The molecule has 0 saturated carbocycles. The Kier molecular flexibility index (Phi) is 7.78. The van der Waals surface area contributed by atoms with Gasteiger partial charge in [-0.05, 0) is 53.9 Å². The largest absolute Gasteiger partial charge is 0.345 e. The lowest BCUT2D eigenvalue weighted by Crippen LogP contribution is -2.48. The van der Waals surface area contributed by atoms with Crippen LogP contribution in [0.3, 0.4) is 0 Å². The predicted molar refractivity (Wildman–Crippen MR) is 153 cm³/mol. The average Bonchev–Trinajstić information content (AvgIpc) is 3.39. The van der Waals surface area contributed by atoms with Crippen molar-refractivity contribution in [3.63, 3.8) is 0 Å². The van der Waals surface area contributed by atoms with E-state index in [2.05, 4.69) is 30.0 Å². The highest BCUT2D eigenvalue weighted by molar-refractivity contribution is 7.89. The van der Waals surface area contributed by atoms with E-state index in [-0.39, 0.29) is 10.8 Å². The first-order valence-corrected chi connectivity index (χ1v) is 15.2. The zero-order valence-electron chi connectivity index (χ0n) is 21.7. The zero-order valence-corrected chi connectivity index (χ0v) is 23.3. The molecule has 0 aliphatic carbocycles. The molecule has 7 nitrogen and oxygen atoms in total. The maximum Gasteiger partial charge on any atom is 0.253 e. The van der Waals surface area contributed by atoms with Crippen LogP contribution in [-0.2, 0) is 23.0 Å². The molecule has 1 aliphatic rings. The summed E-state index contributed by atoms with van der Waals surface area (Å²) in [6.45, 7) is 7.25. The van der Waals surface area contributed by atoms with E-state index in [0.717, 1.165) is 22.6 Å². The molecule has 3 aromatic carbocycles. The number of carbonyl (C=O) groups excluding carboxylic acids is 1. The van der Waals surface area contributed by atoms with Crippen molar-refractivity contribution in [1.82, 2.24) is 14.2 Å². The summed E-state index contributed by atoms with van der Waals surface area (Å²) in [4.78, 5) is 22.2. The second-order valence-corrected chi connectivity index (χ2v) is 12.3. The predicted octanol–water partition coefficient (Wildman–Crippen LogP) is 5.03. The summed E-state index contributed by atoms with van der Waals surface area (Å²) in [5.74, 6) is -0.0814. The van der Waals surface area contributed by atoms with Gasteiger partial charge in [-0.2, -0.15) is 4.31 Å². The van der Waals surface area contributed by atoms with Gasteiger partial charge in [0.2, 0.25) is 10.0 Å². The minimum Gasteiger partial charge on any atom is -0.345 e. The summed E-state index contributed by atoms with van der Waals surface area (Å²) in [6.07, 6.45) is 1.00. The molecule has 9 heteroatoms. The Labute approximate surface area is 228 Å². The van der Waals surface area contributed by atoms with Crippen molar-refractivity contribution in [3.05, 3.63) is 89.5 Å². The normalized spacial score (nSPS) is 14.4. The summed E-state index contributed by atoms with van der Waals surface area (Å²) in [6, 6.07) is 22.3. The van der Waals surface area contributed by atoms with Crippen molar-refractivity contribution < 1.29 is 13.2 Å². The standard InChI is InChI=1S/C29H32N4O3S2/c1-3-22-10-15-26-27(20-22)37-29(30-26)32-18-16-31(17-19-32)28(34)24-11-13-25(14-12-24)38(35,36)33(4-2)21-23-8-6-5-7-9-23/h5-15,20H,3-4,16-19,21H2,1-2H3. The fourth-order valence-electron chi connectivity index (χ4n) is 4.67. The third-order valence-electron chi connectivity index (χ3n) is 6.98. The molecule has 1 aromatic heterocycles. The summed E-state index contributed by atoms with van der Waals surface area (Å²) < 4.78 is 29.1. The first-order valence-electron chi connectivity index (χ1n) is 13.0. The Bertz CT molecular complexity index is 1510. The van der Waals surface area contributed by atoms with E-state index in [1.165, 1.54) is 26.7 Å². The van der Waals surface area contributed by atoms with Gasteiger partial charge in [0.15, 0.2) is 5.13 Å². The van der Waals surface area contributed by atoms with Gasteiger partial charge in [0.1, 0.15) is 0 Å². The number of aromatic nitrogens is 1. The number of sulfonamides is 1. The van der Waals surface area contributed by atoms with Gasteiger partial charge >= 0.3 is 0 Å². The molecule has 0 atom stereocenters. The maximum absolute atomic E-state index is 13.2. The quantitative estimate of drug-likeness (QED) is 0.309. The number of piperazine rings is 1. The molecule has 0 spiro atoms. The summed E-state index contributed by atoms with van der Waals surface area (Å²) in [5, 5.41) is 0.992. The van der Waals surface area contributed by atoms with Crippen molar-refractivity contribution in [2.75, 3.05) is 37.6 Å². The van der Waals surface area contributed by atoms with Gasteiger partial charge in [0, 0.05) is 44.8 Å². The smallest absolute Gasteiger partial charge is 0.253 e. The summed E-state index contributed by atoms with van der Waals surface area (Å²) >= 11 is 1.70. The van der Waals surface area contributed by atoms with Crippen molar-refractivity contribution in [3.8, 4) is 0 Å². The molecular formula is C29H32N4O3S2. The fourth-order valence-corrected chi connectivity index (χ4v) is 7.19. The molecule has 2 heterocycles. The van der Waals surface area contributed by atoms with E-state index in [1.807, 2.05) is 42.2 Å². The van der Waals surface area contributed by atoms with Gasteiger partial charge in [-0.3, -0.25) is 4.79 Å². The lowest BCUT2D eigenvalue weighted by Gasteiger charge is -2.34. The molecular weight excluding hydrogens is 516 g/mol. The number of hydrogen-bond acceptors (Lipinski definition) is 6. The molecule has 1 aliphatic heterocycles. The molecule has 0 unspecified atom stereocenters.